The summed E-state index contributed by atoms with van der Waals surface area (Å²) in [6.07, 6.45) is 4.12. The Labute approximate surface area is 101 Å². The molecule has 0 amide bonds. The number of aromatic nitrogens is 1. The number of pyridine rings is 1. The molecule has 1 N–H and O–H groups in total. The van der Waals surface area contributed by atoms with Crippen LogP contribution in [0.25, 0.3) is 0 Å². The second-order valence-corrected chi connectivity index (χ2v) is 4.81. The molecule has 1 atom stereocenters. The molecule has 4 heteroatoms. The molecule has 1 unspecified atom stereocenters. The van der Waals surface area contributed by atoms with Gasteiger partial charge in [0.25, 0.3) is 0 Å². The number of carboxylic acid groups (broad SMARTS) is 1. The summed E-state index contributed by atoms with van der Waals surface area (Å²) in [4.78, 5) is 17.2. The molecule has 4 nitrogen and oxygen atoms in total. The Bertz CT molecular complexity index is 416. The SMILES string of the molecule is CC(C1CC1)N(C)Cc1cccnc1C(=O)O. The summed E-state index contributed by atoms with van der Waals surface area (Å²) in [5, 5.41) is 9.06. The molecule has 1 aliphatic rings. The second-order valence-electron chi connectivity index (χ2n) is 4.81. The van der Waals surface area contributed by atoms with E-state index in [2.05, 4.69) is 16.8 Å². The fraction of sp³-hybridized carbons (Fsp3) is 0.538. The normalized spacial score (nSPS) is 17.1. The summed E-state index contributed by atoms with van der Waals surface area (Å²) in [7, 11) is 2.04. The number of hydrogen-bond donors (Lipinski definition) is 1. The van der Waals surface area contributed by atoms with E-state index in [1.807, 2.05) is 13.1 Å². The van der Waals surface area contributed by atoms with Gasteiger partial charge >= 0.3 is 5.97 Å². The van der Waals surface area contributed by atoms with Crippen molar-refractivity contribution in [3.8, 4) is 0 Å². The molecule has 0 aliphatic heterocycles. The largest absolute Gasteiger partial charge is 0.477 e. The zero-order chi connectivity index (χ0) is 12.4. The predicted octanol–water partition coefficient (Wildman–Crippen LogP) is 2.01. The molecule has 1 aliphatic carbocycles. The third kappa shape index (κ3) is 2.82. The molecule has 17 heavy (non-hydrogen) atoms. The average Bonchev–Trinajstić information content (AvgIpc) is 3.12. The molecule has 92 valence electrons. The highest BCUT2D eigenvalue weighted by atomic mass is 16.4. The van der Waals surface area contributed by atoms with Crippen molar-refractivity contribution < 1.29 is 9.90 Å². The number of nitrogens with zero attached hydrogens (tertiary/aromatic N) is 2. The lowest BCUT2D eigenvalue weighted by Crippen LogP contribution is -2.31. The van der Waals surface area contributed by atoms with E-state index in [4.69, 9.17) is 5.11 Å². The highest BCUT2D eigenvalue weighted by Gasteiger charge is 2.30. The fourth-order valence-electron chi connectivity index (χ4n) is 2.11. The van der Waals surface area contributed by atoms with Crippen molar-refractivity contribution in [3.05, 3.63) is 29.6 Å². The topological polar surface area (TPSA) is 53.4 Å². The molecule has 1 fully saturated rings. The molecular weight excluding hydrogens is 216 g/mol. The quantitative estimate of drug-likeness (QED) is 0.846. The molecule has 0 radical (unpaired) electrons. The number of carboxylic acids is 1. The Morgan fingerprint density at radius 1 is 1.65 bits per heavy atom. The van der Waals surface area contributed by atoms with Gasteiger partial charge in [-0.2, -0.15) is 0 Å². The summed E-state index contributed by atoms with van der Waals surface area (Å²) in [6.45, 7) is 2.85. The summed E-state index contributed by atoms with van der Waals surface area (Å²) in [6, 6.07) is 4.14. The van der Waals surface area contributed by atoms with Gasteiger partial charge in [0.05, 0.1) is 0 Å². The van der Waals surface area contributed by atoms with E-state index in [-0.39, 0.29) is 5.69 Å². The van der Waals surface area contributed by atoms with Gasteiger partial charge in [-0.3, -0.25) is 4.90 Å². The lowest BCUT2D eigenvalue weighted by Gasteiger charge is -2.24. The van der Waals surface area contributed by atoms with E-state index >= 15 is 0 Å². The van der Waals surface area contributed by atoms with Crippen molar-refractivity contribution in [1.82, 2.24) is 9.88 Å². The lowest BCUT2D eigenvalue weighted by molar-refractivity contribution is 0.0687. The zero-order valence-corrected chi connectivity index (χ0v) is 10.3. The standard InChI is InChI=1S/C13H18N2O2/c1-9(10-5-6-10)15(2)8-11-4-3-7-14-12(11)13(16)17/h3-4,7,9-10H,5-6,8H2,1-2H3,(H,16,17). The van der Waals surface area contributed by atoms with Gasteiger partial charge in [-0.1, -0.05) is 6.07 Å². The molecule has 0 saturated heterocycles. The minimum Gasteiger partial charge on any atom is -0.477 e. The van der Waals surface area contributed by atoms with Crippen molar-refractivity contribution in [2.24, 2.45) is 5.92 Å². The van der Waals surface area contributed by atoms with Crippen LogP contribution in [0.2, 0.25) is 0 Å². The van der Waals surface area contributed by atoms with Gasteiger partial charge < -0.3 is 5.11 Å². The molecule has 1 aromatic rings. The molecule has 0 bridgehead atoms. The highest BCUT2D eigenvalue weighted by Crippen LogP contribution is 2.35. The number of aromatic carboxylic acids is 1. The Morgan fingerprint density at radius 2 is 2.35 bits per heavy atom. The first-order chi connectivity index (χ1) is 8.09. The van der Waals surface area contributed by atoms with Gasteiger partial charge in [0, 0.05) is 18.8 Å². The first-order valence-corrected chi connectivity index (χ1v) is 5.97. The monoisotopic (exact) mass is 234 g/mol. The molecular formula is C13H18N2O2. The minimum atomic E-state index is -0.951. The van der Waals surface area contributed by atoms with Crippen molar-refractivity contribution in [1.29, 1.82) is 0 Å². The van der Waals surface area contributed by atoms with Gasteiger partial charge in [-0.25, -0.2) is 9.78 Å². The maximum atomic E-state index is 11.0. The van der Waals surface area contributed by atoms with Crippen LogP contribution in [0, 0.1) is 5.92 Å². The third-order valence-electron chi connectivity index (χ3n) is 3.51. The molecule has 0 spiro atoms. The summed E-state index contributed by atoms with van der Waals surface area (Å²) < 4.78 is 0. The van der Waals surface area contributed by atoms with Gasteiger partial charge in [0.15, 0.2) is 5.69 Å². The summed E-state index contributed by atoms with van der Waals surface area (Å²) >= 11 is 0. The summed E-state index contributed by atoms with van der Waals surface area (Å²) in [5.74, 6) is -0.168. The van der Waals surface area contributed by atoms with Crippen LogP contribution >= 0.6 is 0 Å². The maximum Gasteiger partial charge on any atom is 0.354 e. The zero-order valence-electron chi connectivity index (χ0n) is 10.3. The van der Waals surface area contributed by atoms with Crippen LogP contribution in [0.4, 0.5) is 0 Å². The molecule has 1 aromatic heterocycles. The van der Waals surface area contributed by atoms with Gasteiger partial charge in [-0.05, 0) is 44.4 Å². The predicted molar refractivity (Wildman–Crippen MR) is 64.8 cm³/mol. The Morgan fingerprint density at radius 3 is 2.94 bits per heavy atom. The summed E-state index contributed by atoms with van der Waals surface area (Å²) in [5.41, 5.74) is 0.956. The van der Waals surface area contributed by atoms with E-state index in [0.717, 1.165) is 11.5 Å². The van der Waals surface area contributed by atoms with Crippen LogP contribution in [-0.4, -0.2) is 34.0 Å². The minimum absolute atomic E-state index is 0.169. The van der Waals surface area contributed by atoms with Gasteiger partial charge in [0.2, 0.25) is 0 Å². The second kappa shape index (κ2) is 4.84. The van der Waals surface area contributed by atoms with E-state index in [0.29, 0.717) is 12.6 Å². The molecule has 1 heterocycles. The number of carbonyl (C=O) groups is 1. The Hall–Kier alpha value is -1.42. The molecule has 2 rings (SSSR count). The maximum absolute atomic E-state index is 11.0. The third-order valence-corrected chi connectivity index (χ3v) is 3.51. The molecule has 0 aromatic carbocycles. The van der Waals surface area contributed by atoms with Crippen LogP contribution in [0.3, 0.4) is 0 Å². The van der Waals surface area contributed by atoms with Gasteiger partial charge in [0.1, 0.15) is 0 Å². The van der Waals surface area contributed by atoms with Crippen LogP contribution in [0.5, 0.6) is 0 Å². The number of rotatable bonds is 5. The fourth-order valence-corrected chi connectivity index (χ4v) is 2.11. The average molecular weight is 234 g/mol. The van der Waals surface area contributed by atoms with Crippen LogP contribution < -0.4 is 0 Å². The van der Waals surface area contributed by atoms with E-state index in [9.17, 15) is 4.79 Å². The Kier molecular flexibility index (Phi) is 3.43. The first kappa shape index (κ1) is 12.0. The van der Waals surface area contributed by atoms with E-state index in [1.165, 1.54) is 19.0 Å². The van der Waals surface area contributed by atoms with E-state index in [1.54, 1.807) is 6.07 Å². The van der Waals surface area contributed by atoms with Crippen molar-refractivity contribution >= 4 is 5.97 Å². The van der Waals surface area contributed by atoms with E-state index < -0.39 is 5.97 Å². The van der Waals surface area contributed by atoms with Crippen molar-refractivity contribution in [3.63, 3.8) is 0 Å². The Balaban J connectivity index is 2.09. The molecule has 1 saturated carbocycles. The van der Waals surface area contributed by atoms with Crippen molar-refractivity contribution in [2.75, 3.05) is 7.05 Å². The van der Waals surface area contributed by atoms with Gasteiger partial charge in [-0.15, -0.1) is 0 Å². The number of hydrogen-bond acceptors (Lipinski definition) is 3. The highest BCUT2D eigenvalue weighted by molar-refractivity contribution is 5.86. The van der Waals surface area contributed by atoms with Crippen molar-refractivity contribution in [2.45, 2.75) is 32.4 Å². The lowest BCUT2D eigenvalue weighted by atomic mass is 10.1. The first-order valence-electron chi connectivity index (χ1n) is 5.97. The smallest absolute Gasteiger partial charge is 0.354 e. The van der Waals surface area contributed by atoms with Crippen LogP contribution in [0.15, 0.2) is 18.3 Å². The van der Waals surface area contributed by atoms with Crippen LogP contribution in [0.1, 0.15) is 35.8 Å². The van der Waals surface area contributed by atoms with Crippen LogP contribution in [-0.2, 0) is 6.54 Å².